The lowest BCUT2D eigenvalue weighted by Gasteiger charge is -2.07. The Kier molecular flexibility index (Phi) is 4.87. The van der Waals surface area contributed by atoms with Crippen molar-refractivity contribution in [3.05, 3.63) is 70.0 Å². The molecule has 6 nitrogen and oxygen atoms in total. The number of hydrogen-bond donors (Lipinski definition) is 1. The van der Waals surface area contributed by atoms with Gasteiger partial charge in [0.15, 0.2) is 5.69 Å². The second kappa shape index (κ2) is 7.36. The zero-order chi connectivity index (χ0) is 20.6. The number of aromatic nitrogens is 3. The number of para-hydroxylation sites is 1. The quantitative estimate of drug-likeness (QED) is 0.472. The number of rotatable bonds is 5. The molecule has 0 radical (unpaired) electrons. The lowest BCUT2D eigenvalue weighted by Crippen LogP contribution is -2.21. The first-order valence-electron chi connectivity index (χ1n) is 8.72. The van der Waals surface area contributed by atoms with Crippen LogP contribution in [0.5, 0.6) is 0 Å². The van der Waals surface area contributed by atoms with Gasteiger partial charge in [-0.15, -0.1) is 0 Å². The summed E-state index contributed by atoms with van der Waals surface area (Å²) >= 11 is 1.13. The van der Waals surface area contributed by atoms with Crippen LogP contribution in [0.2, 0.25) is 0 Å². The highest BCUT2D eigenvalue weighted by Crippen LogP contribution is 2.31. The lowest BCUT2D eigenvalue weighted by atomic mass is 10.1. The van der Waals surface area contributed by atoms with Gasteiger partial charge in [-0.2, -0.15) is 17.9 Å². The minimum absolute atomic E-state index is 0.0409. The van der Waals surface area contributed by atoms with Crippen LogP contribution in [0.4, 0.5) is 13.2 Å². The van der Waals surface area contributed by atoms with E-state index < -0.39 is 23.0 Å². The van der Waals surface area contributed by atoms with Crippen LogP contribution in [-0.4, -0.2) is 20.5 Å². The Morgan fingerprint density at radius 3 is 2.72 bits per heavy atom. The van der Waals surface area contributed by atoms with E-state index in [1.807, 2.05) is 0 Å². The zero-order valence-corrected chi connectivity index (χ0v) is 16.0. The van der Waals surface area contributed by atoms with Gasteiger partial charge in [-0.1, -0.05) is 30.4 Å². The fourth-order valence-electron chi connectivity index (χ4n) is 2.94. The fourth-order valence-corrected chi connectivity index (χ4v) is 3.87. The molecule has 10 heteroatoms. The van der Waals surface area contributed by atoms with Crippen LogP contribution in [0.25, 0.3) is 15.3 Å². The number of H-pyrrole nitrogens is 1. The van der Waals surface area contributed by atoms with E-state index in [2.05, 4.69) is 15.1 Å². The topological polar surface area (TPSA) is 76.2 Å². The number of halogens is 3. The van der Waals surface area contributed by atoms with Gasteiger partial charge in [0, 0.05) is 0 Å². The maximum atomic E-state index is 13.7. The molecule has 0 fully saturated rings. The van der Waals surface area contributed by atoms with E-state index in [1.54, 1.807) is 43.3 Å². The van der Waals surface area contributed by atoms with Gasteiger partial charge in [0.25, 0.3) is 5.56 Å². The van der Waals surface area contributed by atoms with Crippen molar-refractivity contribution in [1.29, 1.82) is 0 Å². The number of nitrogens with one attached hydrogen (secondary N) is 1. The predicted molar refractivity (Wildman–Crippen MR) is 104 cm³/mol. The monoisotopic (exact) mass is 420 g/mol. The Labute approximate surface area is 166 Å². The summed E-state index contributed by atoms with van der Waals surface area (Å²) in [5.74, 6) is 0.492. The molecule has 0 aliphatic heterocycles. The second-order valence-electron chi connectivity index (χ2n) is 6.16. The van der Waals surface area contributed by atoms with Crippen molar-refractivity contribution >= 4 is 27.3 Å². The molecule has 0 aliphatic rings. The van der Waals surface area contributed by atoms with Crippen LogP contribution in [0.15, 0.2) is 56.9 Å². The summed E-state index contributed by atoms with van der Waals surface area (Å²) in [5.41, 5.74) is -1.81. The maximum Gasteiger partial charge on any atom is 0.433 e. The third kappa shape index (κ3) is 3.63. The van der Waals surface area contributed by atoms with Gasteiger partial charge in [0.05, 0.1) is 34.3 Å². The number of benzene rings is 1. The molecule has 3 aromatic heterocycles. The summed E-state index contributed by atoms with van der Waals surface area (Å²) < 4.78 is 47.9. The smallest absolute Gasteiger partial charge is 0.433 e. The molecule has 4 aromatic rings. The number of alkyl halides is 3. The van der Waals surface area contributed by atoms with Gasteiger partial charge < -0.3 is 4.42 Å². The number of aromatic amines is 1. The summed E-state index contributed by atoms with van der Waals surface area (Å²) in [6.07, 6.45) is -3.15. The lowest BCUT2D eigenvalue weighted by molar-refractivity contribution is -0.141. The van der Waals surface area contributed by atoms with Gasteiger partial charge in [-0.05, 0) is 30.7 Å². The number of fused-ring (bicyclic) bond motifs is 1. The van der Waals surface area contributed by atoms with Crippen LogP contribution in [0.3, 0.4) is 0 Å². The van der Waals surface area contributed by atoms with E-state index in [9.17, 15) is 18.0 Å². The molecule has 0 atom stereocenters. The molecular formula is C19H15F3N4O2S. The molecule has 150 valence electrons. The maximum absolute atomic E-state index is 13.7. The van der Waals surface area contributed by atoms with E-state index in [0.29, 0.717) is 11.3 Å². The molecule has 0 unspecified atom stereocenters. The minimum Gasteiger partial charge on any atom is -0.467 e. The summed E-state index contributed by atoms with van der Waals surface area (Å²) in [7, 11) is 0. The zero-order valence-electron chi connectivity index (χ0n) is 15.2. The Balaban J connectivity index is 1.86. The van der Waals surface area contributed by atoms with Crippen LogP contribution in [0, 0.1) is 0 Å². The molecule has 0 amide bonds. The van der Waals surface area contributed by atoms with Crippen molar-refractivity contribution in [2.24, 2.45) is 4.99 Å². The van der Waals surface area contributed by atoms with Crippen molar-refractivity contribution in [3.8, 4) is 5.13 Å². The standard InChI is InChI=1S/C19H15F3N4O2S/c1-2-12(23-10-11-6-5-9-28-11)15-16(19(20,21)22)25-26(17(15)27)18-24-13-7-3-4-8-14(13)29-18/h3-9,25H,2,10H2,1H3. The largest absolute Gasteiger partial charge is 0.467 e. The number of hydrogen-bond acceptors (Lipinski definition) is 5. The van der Waals surface area contributed by atoms with Gasteiger partial charge in [-0.25, -0.2) is 4.98 Å². The number of furan rings is 1. The first-order chi connectivity index (χ1) is 13.9. The normalized spacial score (nSPS) is 12.8. The second-order valence-corrected chi connectivity index (χ2v) is 7.17. The van der Waals surface area contributed by atoms with Crippen molar-refractivity contribution in [3.63, 3.8) is 0 Å². The summed E-state index contributed by atoms with van der Waals surface area (Å²) in [4.78, 5) is 21.5. The molecule has 0 bridgehead atoms. The van der Waals surface area contributed by atoms with E-state index in [0.717, 1.165) is 20.7 Å². The Hall–Kier alpha value is -3.14. The van der Waals surface area contributed by atoms with Crippen molar-refractivity contribution in [1.82, 2.24) is 14.8 Å². The molecule has 3 heterocycles. The van der Waals surface area contributed by atoms with Gasteiger partial charge >= 0.3 is 6.18 Å². The first kappa shape index (κ1) is 19.2. The molecule has 0 spiro atoms. The van der Waals surface area contributed by atoms with Crippen LogP contribution in [-0.2, 0) is 12.7 Å². The molecule has 0 aliphatic carbocycles. The molecule has 0 saturated carbocycles. The number of aliphatic imine (C=N–C) groups is 1. The van der Waals surface area contributed by atoms with Crippen LogP contribution in [0.1, 0.15) is 30.4 Å². The van der Waals surface area contributed by atoms with Crippen LogP contribution < -0.4 is 5.56 Å². The van der Waals surface area contributed by atoms with E-state index >= 15 is 0 Å². The summed E-state index contributed by atoms with van der Waals surface area (Å²) in [6, 6.07) is 10.4. The minimum atomic E-state index is -4.75. The highest BCUT2D eigenvalue weighted by Gasteiger charge is 2.39. The average molecular weight is 420 g/mol. The number of thiazole rings is 1. The van der Waals surface area contributed by atoms with Crippen molar-refractivity contribution in [2.45, 2.75) is 26.1 Å². The molecule has 0 saturated heterocycles. The van der Waals surface area contributed by atoms with Gasteiger partial charge in [0.1, 0.15) is 5.76 Å². The molecule has 1 N–H and O–H groups in total. The Morgan fingerprint density at radius 1 is 1.28 bits per heavy atom. The molecular weight excluding hydrogens is 405 g/mol. The Bertz CT molecular complexity index is 1200. The first-order valence-corrected chi connectivity index (χ1v) is 9.54. The average Bonchev–Trinajstić information content (AvgIpc) is 3.40. The fraction of sp³-hybridized carbons (Fsp3) is 0.211. The van der Waals surface area contributed by atoms with E-state index in [4.69, 9.17) is 4.42 Å². The molecule has 29 heavy (non-hydrogen) atoms. The van der Waals surface area contributed by atoms with Crippen molar-refractivity contribution in [2.75, 3.05) is 0 Å². The van der Waals surface area contributed by atoms with Gasteiger partial charge in [0.2, 0.25) is 5.13 Å². The summed E-state index contributed by atoms with van der Waals surface area (Å²) in [5, 5.41) is 2.33. The third-order valence-corrected chi connectivity index (χ3v) is 5.30. The van der Waals surface area contributed by atoms with Crippen molar-refractivity contribution < 1.29 is 17.6 Å². The molecule has 1 aromatic carbocycles. The predicted octanol–water partition coefficient (Wildman–Crippen LogP) is 4.79. The SMILES string of the molecule is CCC(=NCc1ccco1)c1c(C(F)(F)F)[nH]n(-c2nc3ccccc3s2)c1=O. The van der Waals surface area contributed by atoms with E-state index in [1.165, 1.54) is 6.26 Å². The number of nitrogens with zero attached hydrogens (tertiary/aromatic N) is 3. The highest BCUT2D eigenvalue weighted by atomic mass is 32.1. The van der Waals surface area contributed by atoms with E-state index in [-0.39, 0.29) is 23.8 Å². The van der Waals surface area contributed by atoms with Crippen LogP contribution >= 0.6 is 11.3 Å². The van der Waals surface area contributed by atoms with Gasteiger partial charge in [-0.3, -0.25) is 14.9 Å². The third-order valence-electron chi connectivity index (χ3n) is 4.28. The Morgan fingerprint density at radius 2 is 2.07 bits per heavy atom. The summed E-state index contributed by atoms with van der Waals surface area (Å²) in [6.45, 7) is 1.69. The highest BCUT2D eigenvalue weighted by molar-refractivity contribution is 7.20. The molecule has 4 rings (SSSR count).